The molecule has 1 N–H and O–H groups in total. The van der Waals surface area contributed by atoms with E-state index >= 15 is 0 Å². The Labute approximate surface area is 102 Å². The molecule has 17 heavy (non-hydrogen) atoms. The van der Waals surface area contributed by atoms with Crippen LogP contribution in [-0.4, -0.2) is 36.0 Å². The van der Waals surface area contributed by atoms with Gasteiger partial charge in [-0.15, -0.1) is 0 Å². The van der Waals surface area contributed by atoms with Crippen molar-refractivity contribution in [1.29, 1.82) is 0 Å². The van der Waals surface area contributed by atoms with E-state index in [1.807, 2.05) is 0 Å². The summed E-state index contributed by atoms with van der Waals surface area (Å²) in [6.07, 6.45) is 3.35. The number of methoxy groups -OCH3 is 1. The molecule has 1 fully saturated rings. The van der Waals surface area contributed by atoms with Crippen LogP contribution in [0.3, 0.4) is 0 Å². The fraction of sp³-hybridized carbons (Fsp3) is 0.846. The number of aliphatic hydroxyl groups excluding tert-OH is 1. The van der Waals surface area contributed by atoms with Crippen LogP contribution in [0.5, 0.6) is 0 Å². The predicted molar refractivity (Wildman–Crippen MR) is 63.7 cm³/mol. The van der Waals surface area contributed by atoms with Crippen molar-refractivity contribution in [3.05, 3.63) is 0 Å². The summed E-state index contributed by atoms with van der Waals surface area (Å²) in [6.45, 7) is 1.44. The second-order valence-electron chi connectivity index (χ2n) is 4.98. The smallest absolute Gasteiger partial charge is 0.140 e. The summed E-state index contributed by atoms with van der Waals surface area (Å²) < 4.78 is 5.22. The van der Waals surface area contributed by atoms with Crippen molar-refractivity contribution in [2.75, 3.05) is 7.11 Å². The van der Waals surface area contributed by atoms with E-state index in [1.54, 1.807) is 7.11 Å². The minimum absolute atomic E-state index is 0.0255. The highest BCUT2D eigenvalue weighted by Crippen LogP contribution is 2.29. The second-order valence-corrected chi connectivity index (χ2v) is 4.98. The first-order valence-corrected chi connectivity index (χ1v) is 6.25. The maximum Gasteiger partial charge on any atom is 0.140 e. The van der Waals surface area contributed by atoms with Gasteiger partial charge in [0.2, 0.25) is 0 Å². The summed E-state index contributed by atoms with van der Waals surface area (Å²) in [6, 6.07) is 0. The molecule has 98 valence electrons. The average Bonchev–Trinajstić information content (AvgIpc) is 2.27. The monoisotopic (exact) mass is 242 g/mol. The van der Waals surface area contributed by atoms with Gasteiger partial charge >= 0.3 is 0 Å². The molecule has 4 heteroatoms. The molecule has 0 spiro atoms. The van der Waals surface area contributed by atoms with Crippen molar-refractivity contribution in [2.24, 2.45) is 5.92 Å². The van der Waals surface area contributed by atoms with E-state index in [2.05, 4.69) is 0 Å². The number of aliphatic hydroxyl groups is 1. The van der Waals surface area contributed by atoms with E-state index in [4.69, 9.17) is 4.74 Å². The number of carbonyl (C=O) groups is 2. The Kier molecular flexibility index (Phi) is 5.78. The van der Waals surface area contributed by atoms with Crippen molar-refractivity contribution in [3.63, 3.8) is 0 Å². The molecule has 1 aliphatic carbocycles. The van der Waals surface area contributed by atoms with Gasteiger partial charge in [0.25, 0.3) is 0 Å². The van der Waals surface area contributed by atoms with Crippen LogP contribution >= 0.6 is 0 Å². The van der Waals surface area contributed by atoms with E-state index in [0.717, 1.165) is 25.7 Å². The number of carbonyl (C=O) groups excluding carboxylic acids is 2. The molecule has 3 unspecified atom stereocenters. The Morgan fingerprint density at radius 2 is 2.06 bits per heavy atom. The molecule has 1 saturated carbocycles. The molecular weight excluding hydrogens is 220 g/mol. The number of Topliss-reactive ketones (excluding diaryl/α,β-unsaturated/α-hetero) is 2. The standard InChI is InChI=1S/C13H22O4/c1-9(14)7-11(15)5-3-10-4-6-12(16)13(8-10)17-2/h10,12-13,16H,3-8H2,1-2H3. The second kappa shape index (κ2) is 6.87. The average molecular weight is 242 g/mol. The van der Waals surface area contributed by atoms with Crippen molar-refractivity contribution in [1.82, 2.24) is 0 Å². The van der Waals surface area contributed by atoms with Crippen LogP contribution < -0.4 is 0 Å². The van der Waals surface area contributed by atoms with Crippen LogP contribution in [0.25, 0.3) is 0 Å². The first kappa shape index (κ1) is 14.3. The van der Waals surface area contributed by atoms with Gasteiger partial charge in [0.1, 0.15) is 11.6 Å². The summed E-state index contributed by atoms with van der Waals surface area (Å²) in [5.41, 5.74) is 0. The summed E-state index contributed by atoms with van der Waals surface area (Å²) in [4.78, 5) is 22.2. The largest absolute Gasteiger partial charge is 0.390 e. The van der Waals surface area contributed by atoms with Crippen molar-refractivity contribution < 1.29 is 19.4 Å². The molecule has 4 nitrogen and oxygen atoms in total. The Hall–Kier alpha value is -0.740. The van der Waals surface area contributed by atoms with Gasteiger partial charge in [-0.1, -0.05) is 0 Å². The minimum Gasteiger partial charge on any atom is -0.390 e. The van der Waals surface area contributed by atoms with Crippen LogP contribution in [0.15, 0.2) is 0 Å². The number of hydrogen-bond donors (Lipinski definition) is 1. The van der Waals surface area contributed by atoms with Gasteiger partial charge in [-0.2, -0.15) is 0 Å². The lowest BCUT2D eigenvalue weighted by Crippen LogP contribution is -2.35. The van der Waals surface area contributed by atoms with Gasteiger partial charge in [0.15, 0.2) is 0 Å². The molecular formula is C13H22O4. The topological polar surface area (TPSA) is 63.6 Å². The first-order chi connectivity index (χ1) is 8.02. The Morgan fingerprint density at radius 1 is 1.35 bits per heavy atom. The third-order valence-electron chi connectivity index (χ3n) is 3.45. The van der Waals surface area contributed by atoms with E-state index in [-0.39, 0.29) is 30.2 Å². The lowest BCUT2D eigenvalue weighted by Gasteiger charge is -2.32. The van der Waals surface area contributed by atoms with Crippen molar-refractivity contribution in [2.45, 2.75) is 57.7 Å². The fourth-order valence-corrected chi connectivity index (χ4v) is 2.44. The Morgan fingerprint density at radius 3 is 2.65 bits per heavy atom. The summed E-state index contributed by atoms with van der Waals surface area (Å²) >= 11 is 0. The quantitative estimate of drug-likeness (QED) is 0.717. The third-order valence-corrected chi connectivity index (χ3v) is 3.45. The summed E-state index contributed by atoms with van der Waals surface area (Å²) in [5, 5.41) is 9.65. The first-order valence-electron chi connectivity index (χ1n) is 6.25. The lowest BCUT2D eigenvalue weighted by atomic mass is 9.82. The molecule has 0 bridgehead atoms. The van der Waals surface area contributed by atoms with Crippen molar-refractivity contribution in [3.8, 4) is 0 Å². The van der Waals surface area contributed by atoms with E-state index in [9.17, 15) is 14.7 Å². The maximum atomic E-state index is 11.4. The zero-order chi connectivity index (χ0) is 12.8. The van der Waals surface area contributed by atoms with Gasteiger partial charge in [0, 0.05) is 13.5 Å². The summed E-state index contributed by atoms with van der Waals surface area (Å²) in [5.74, 6) is 0.390. The van der Waals surface area contributed by atoms with Crippen LogP contribution in [0.4, 0.5) is 0 Å². The molecule has 0 heterocycles. The SMILES string of the molecule is COC1CC(CCC(=O)CC(C)=O)CCC1O. The number of ketones is 2. The van der Waals surface area contributed by atoms with Gasteiger partial charge in [-0.05, 0) is 38.5 Å². The highest BCUT2D eigenvalue weighted by molar-refractivity contribution is 5.97. The molecule has 0 aliphatic heterocycles. The fourth-order valence-electron chi connectivity index (χ4n) is 2.44. The van der Waals surface area contributed by atoms with Crippen LogP contribution in [0.1, 0.15) is 45.4 Å². The van der Waals surface area contributed by atoms with Crippen LogP contribution in [0, 0.1) is 5.92 Å². The van der Waals surface area contributed by atoms with Gasteiger partial charge in [-0.25, -0.2) is 0 Å². The maximum absolute atomic E-state index is 11.4. The number of rotatable bonds is 6. The molecule has 1 aliphatic rings. The van der Waals surface area contributed by atoms with Gasteiger partial charge < -0.3 is 9.84 Å². The highest BCUT2D eigenvalue weighted by Gasteiger charge is 2.29. The number of hydrogen-bond acceptors (Lipinski definition) is 4. The normalized spacial score (nSPS) is 29.0. The molecule has 0 aromatic heterocycles. The molecule has 0 amide bonds. The molecule has 0 aromatic carbocycles. The molecule has 0 radical (unpaired) electrons. The Balaban J connectivity index is 2.28. The van der Waals surface area contributed by atoms with Crippen LogP contribution in [0.2, 0.25) is 0 Å². The zero-order valence-electron chi connectivity index (χ0n) is 10.6. The van der Waals surface area contributed by atoms with Gasteiger partial charge in [-0.3, -0.25) is 9.59 Å². The number of ether oxygens (including phenoxy) is 1. The molecule has 0 aromatic rings. The van der Waals surface area contributed by atoms with Crippen LogP contribution in [-0.2, 0) is 14.3 Å². The molecule has 3 atom stereocenters. The Bertz CT molecular complexity index is 275. The lowest BCUT2D eigenvalue weighted by molar-refractivity contribution is -0.126. The van der Waals surface area contributed by atoms with Crippen molar-refractivity contribution >= 4 is 11.6 Å². The van der Waals surface area contributed by atoms with Gasteiger partial charge in [0.05, 0.1) is 18.6 Å². The zero-order valence-corrected chi connectivity index (χ0v) is 10.6. The van der Waals surface area contributed by atoms with E-state index < -0.39 is 0 Å². The van der Waals surface area contributed by atoms with E-state index in [0.29, 0.717) is 12.3 Å². The summed E-state index contributed by atoms with van der Waals surface area (Å²) in [7, 11) is 1.61. The highest BCUT2D eigenvalue weighted by atomic mass is 16.5. The molecule has 0 saturated heterocycles. The predicted octanol–water partition coefficient (Wildman–Crippen LogP) is 1.49. The third kappa shape index (κ3) is 4.96. The minimum atomic E-state index is -0.371. The van der Waals surface area contributed by atoms with E-state index in [1.165, 1.54) is 6.92 Å². The molecule has 1 rings (SSSR count).